The fourth-order valence-corrected chi connectivity index (χ4v) is 3.67. The van der Waals surface area contributed by atoms with Crippen molar-refractivity contribution in [3.8, 4) is 22.8 Å². The molecule has 1 saturated heterocycles. The number of ether oxygens (including phenoxy) is 1. The van der Waals surface area contributed by atoms with Crippen LogP contribution in [0.15, 0.2) is 53.5 Å². The molecule has 34 heavy (non-hydrogen) atoms. The first kappa shape index (κ1) is 23.3. The number of phenols is 1. The van der Waals surface area contributed by atoms with Gasteiger partial charge in [-0.15, -0.1) is 0 Å². The largest absolute Gasteiger partial charge is 0.504 e. The van der Waals surface area contributed by atoms with Gasteiger partial charge in [-0.2, -0.15) is 0 Å². The molecule has 1 fully saturated rings. The van der Waals surface area contributed by atoms with E-state index in [9.17, 15) is 18.7 Å². The highest BCUT2D eigenvalue weighted by Gasteiger charge is 2.11. The average molecular weight is 466 g/mol. The van der Waals surface area contributed by atoms with Crippen molar-refractivity contribution in [2.45, 2.75) is 19.3 Å². The van der Waals surface area contributed by atoms with Gasteiger partial charge in [0.2, 0.25) is 0 Å². The zero-order chi connectivity index (χ0) is 24.1. The summed E-state index contributed by atoms with van der Waals surface area (Å²) in [6.45, 7) is 2.50. The Kier molecular flexibility index (Phi) is 7.12. The molecule has 0 bridgehead atoms. The fourth-order valence-electron chi connectivity index (χ4n) is 3.67. The van der Waals surface area contributed by atoms with Crippen LogP contribution in [-0.4, -0.2) is 40.3 Å². The second kappa shape index (κ2) is 10.4. The highest BCUT2D eigenvalue weighted by Crippen LogP contribution is 2.29. The Morgan fingerprint density at radius 3 is 2.38 bits per heavy atom. The number of methoxy groups -OCH3 is 1. The zero-order valence-corrected chi connectivity index (χ0v) is 18.6. The molecule has 1 aliphatic heterocycles. The molecule has 9 heteroatoms. The van der Waals surface area contributed by atoms with Crippen molar-refractivity contribution < 1.29 is 18.6 Å². The van der Waals surface area contributed by atoms with E-state index < -0.39 is 11.6 Å². The Morgan fingerprint density at radius 2 is 1.79 bits per heavy atom. The third-order valence-corrected chi connectivity index (χ3v) is 5.37. The Bertz CT molecular complexity index is 1330. The molecule has 2 aromatic carbocycles. The summed E-state index contributed by atoms with van der Waals surface area (Å²) in [6, 6.07) is 9.37. The lowest BCUT2D eigenvalue weighted by Gasteiger charge is -2.07. The number of hydrogen-bond acceptors (Lipinski definition) is 6. The Morgan fingerprint density at radius 1 is 1.06 bits per heavy atom. The van der Waals surface area contributed by atoms with Gasteiger partial charge in [0.1, 0.15) is 17.5 Å². The van der Waals surface area contributed by atoms with Crippen molar-refractivity contribution in [2.75, 3.05) is 20.2 Å². The van der Waals surface area contributed by atoms with E-state index in [1.807, 2.05) is 0 Å². The smallest absolute Gasteiger partial charge is 0.258 e. The second-order valence-corrected chi connectivity index (χ2v) is 7.90. The molecule has 0 atom stereocenters. The molecule has 0 unspecified atom stereocenters. The van der Waals surface area contributed by atoms with Crippen LogP contribution in [0.5, 0.6) is 11.5 Å². The molecular formula is C25H24F2N4O3. The summed E-state index contributed by atoms with van der Waals surface area (Å²) in [5.41, 5.74) is 1.47. The lowest BCUT2D eigenvalue weighted by atomic mass is 10.1. The molecular weight excluding hydrogens is 442 g/mol. The maximum atomic E-state index is 13.4. The molecule has 1 aliphatic rings. The molecule has 0 radical (unpaired) electrons. The van der Waals surface area contributed by atoms with Crippen LogP contribution in [0, 0.1) is 11.6 Å². The molecule has 0 amide bonds. The number of H-pyrrole nitrogens is 1. The van der Waals surface area contributed by atoms with E-state index in [1.54, 1.807) is 18.3 Å². The van der Waals surface area contributed by atoms with Crippen LogP contribution in [-0.2, 0) is 6.42 Å². The van der Waals surface area contributed by atoms with Crippen molar-refractivity contribution in [2.24, 2.45) is 0 Å². The van der Waals surface area contributed by atoms with Gasteiger partial charge >= 0.3 is 0 Å². The lowest BCUT2D eigenvalue weighted by Crippen LogP contribution is -2.12. The number of pyridine rings is 1. The number of nitrogens with zero attached hydrogens (tertiary/aromatic N) is 2. The molecule has 2 aromatic heterocycles. The molecule has 0 aliphatic carbocycles. The number of hydrogen-bond donors (Lipinski definition) is 3. The number of aromatic hydroxyl groups is 1. The number of benzene rings is 2. The number of fused-ring (bicyclic) bond motifs is 1. The normalized spacial score (nSPS) is 12.9. The third kappa shape index (κ3) is 5.55. The molecule has 3 heterocycles. The lowest BCUT2D eigenvalue weighted by molar-refractivity contribution is 0.374. The van der Waals surface area contributed by atoms with Gasteiger partial charge in [-0.3, -0.25) is 9.78 Å². The Hall–Kier alpha value is -3.85. The van der Waals surface area contributed by atoms with Gasteiger partial charge in [0, 0.05) is 30.3 Å². The maximum absolute atomic E-state index is 13.4. The number of aromatic nitrogens is 3. The number of phenolic OH excluding ortho intramolecular Hbond substituents is 1. The highest BCUT2D eigenvalue weighted by molar-refractivity contribution is 5.81. The summed E-state index contributed by atoms with van der Waals surface area (Å²) in [4.78, 5) is 23.7. The van der Waals surface area contributed by atoms with Gasteiger partial charge in [0.25, 0.3) is 5.56 Å². The van der Waals surface area contributed by atoms with Crippen molar-refractivity contribution in [3.63, 3.8) is 0 Å². The average Bonchev–Trinajstić information content (AvgIpc) is 3.39. The van der Waals surface area contributed by atoms with Gasteiger partial charge in [0.05, 0.1) is 23.7 Å². The number of rotatable bonds is 4. The summed E-state index contributed by atoms with van der Waals surface area (Å²) in [5, 5.41) is 13.4. The van der Waals surface area contributed by atoms with Gasteiger partial charge in [-0.25, -0.2) is 13.8 Å². The van der Waals surface area contributed by atoms with E-state index in [0.29, 0.717) is 28.0 Å². The van der Waals surface area contributed by atoms with Crippen LogP contribution in [0.2, 0.25) is 0 Å². The standard InChI is InChI=1S/C21H15F2N3O3.C4H9N/c1-29-19-8-15-17(9-18(19)27)25-20(26-21(15)28)4-11-2-3-16(24-10-11)12-5-13(22)7-14(23)6-12;1-2-4-5-3-1/h2-3,5-10,27H,4H2,1H3,(H,25,26,28);5H,1-4H2. The molecule has 0 saturated carbocycles. The van der Waals surface area contributed by atoms with E-state index >= 15 is 0 Å². The van der Waals surface area contributed by atoms with Gasteiger partial charge in [0.15, 0.2) is 11.5 Å². The highest BCUT2D eigenvalue weighted by atomic mass is 19.1. The number of halogens is 2. The fraction of sp³-hybridized carbons (Fsp3) is 0.240. The van der Waals surface area contributed by atoms with Crippen LogP contribution in [0.25, 0.3) is 22.2 Å². The van der Waals surface area contributed by atoms with E-state index in [2.05, 4.69) is 20.3 Å². The first-order valence-corrected chi connectivity index (χ1v) is 10.8. The summed E-state index contributed by atoms with van der Waals surface area (Å²) in [5.74, 6) is -0.894. The Labute approximate surface area is 194 Å². The molecule has 4 aromatic rings. The SMILES string of the molecule is C1CCNC1.COc1cc2c(=O)[nH]c(Cc3ccc(-c4cc(F)cc(F)c4)nc3)nc2cc1O. The minimum Gasteiger partial charge on any atom is -0.504 e. The quantitative estimate of drug-likeness (QED) is 0.421. The van der Waals surface area contributed by atoms with E-state index in [4.69, 9.17) is 4.74 Å². The van der Waals surface area contributed by atoms with Crippen molar-refractivity contribution >= 4 is 10.9 Å². The predicted molar refractivity (Wildman–Crippen MR) is 125 cm³/mol. The molecule has 5 rings (SSSR count). The summed E-state index contributed by atoms with van der Waals surface area (Å²) >= 11 is 0. The number of nitrogens with one attached hydrogen (secondary N) is 2. The van der Waals surface area contributed by atoms with E-state index in [-0.39, 0.29) is 23.5 Å². The van der Waals surface area contributed by atoms with Crippen LogP contribution in [0.3, 0.4) is 0 Å². The van der Waals surface area contributed by atoms with Gasteiger partial charge in [-0.1, -0.05) is 6.07 Å². The van der Waals surface area contributed by atoms with Gasteiger partial charge < -0.3 is 20.1 Å². The molecule has 3 N–H and O–H groups in total. The first-order chi connectivity index (χ1) is 16.4. The minimum atomic E-state index is -0.677. The van der Waals surface area contributed by atoms with Gasteiger partial charge in [-0.05, 0) is 55.8 Å². The van der Waals surface area contributed by atoms with E-state index in [0.717, 1.165) is 11.6 Å². The molecule has 7 nitrogen and oxygen atoms in total. The predicted octanol–water partition coefficient (Wildman–Crippen LogP) is 3.94. The van der Waals surface area contributed by atoms with Crippen LogP contribution in [0.4, 0.5) is 8.78 Å². The molecule has 0 spiro atoms. The van der Waals surface area contributed by atoms with Crippen LogP contribution in [0.1, 0.15) is 24.2 Å². The van der Waals surface area contributed by atoms with Crippen molar-refractivity contribution in [3.05, 3.63) is 82.0 Å². The van der Waals surface area contributed by atoms with Crippen molar-refractivity contribution in [1.82, 2.24) is 20.3 Å². The first-order valence-electron chi connectivity index (χ1n) is 10.8. The summed E-state index contributed by atoms with van der Waals surface area (Å²) in [7, 11) is 1.39. The van der Waals surface area contributed by atoms with E-state index in [1.165, 1.54) is 57.3 Å². The van der Waals surface area contributed by atoms with Crippen molar-refractivity contribution in [1.29, 1.82) is 0 Å². The third-order valence-electron chi connectivity index (χ3n) is 5.37. The summed E-state index contributed by atoms with van der Waals surface area (Å²) in [6.07, 6.45) is 4.61. The monoisotopic (exact) mass is 466 g/mol. The van der Waals surface area contributed by atoms with Crippen LogP contribution < -0.4 is 15.6 Å². The Balaban J connectivity index is 0.000000486. The summed E-state index contributed by atoms with van der Waals surface area (Å²) < 4.78 is 31.8. The number of aromatic amines is 1. The minimum absolute atomic E-state index is 0.114. The van der Waals surface area contributed by atoms with Crippen LogP contribution >= 0.6 is 0 Å². The second-order valence-electron chi connectivity index (χ2n) is 7.90. The zero-order valence-electron chi connectivity index (χ0n) is 18.6. The maximum Gasteiger partial charge on any atom is 0.258 e. The molecule has 176 valence electrons. The topological polar surface area (TPSA) is 100 Å².